The van der Waals surface area contributed by atoms with Crippen LogP contribution in [0.1, 0.15) is 16.7 Å². The molecule has 0 unspecified atom stereocenters. The van der Waals surface area contributed by atoms with E-state index in [2.05, 4.69) is 142 Å². The summed E-state index contributed by atoms with van der Waals surface area (Å²) in [6.07, 6.45) is -4.65. The summed E-state index contributed by atoms with van der Waals surface area (Å²) in [5.41, 5.74) is 13.1. The third kappa shape index (κ3) is 6.52. The Labute approximate surface area is 379 Å². The van der Waals surface area contributed by atoms with Gasteiger partial charge in [-0.2, -0.15) is 13.2 Å². The fourth-order valence-corrected chi connectivity index (χ4v) is 9.78. The molecule has 0 amide bonds. The Hall–Kier alpha value is -8.65. The van der Waals surface area contributed by atoms with Crippen molar-refractivity contribution in [2.24, 2.45) is 0 Å². The molecule has 0 aliphatic carbocycles. The van der Waals surface area contributed by atoms with Crippen molar-refractivity contribution in [1.82, 2.24) is 9.13 Å². The molecule has 11 aromatic rings. The van der Waals surface area contributed by atoms with Crippen molar-refractivity contribution in [3.05, 3.63) is 228 Å². The van der Waals surface area contributed by atoms with Gasteiger partial charge in [0.05, 0.1) is 40.9 Å². The number of para-hydroxylation sites is 2. The van der Waals surface area contributed by atoms with Gasteiger partial charge < -0.3 is 9.13 Å². The van der Waals surface area contributed by atoms with E-state index in [1.165, 1.54) is 6.07 Å². The number of hydrogen-bond acceptors (Lipinski definition) is 0. The molecule has 66 heavy (non-hydrogen) atoms. The summed E-state index contributed by atoms with van der Waals surface area (Å²) < 4.78 is 47.1. The van der Waals surface area contributed by atoms with Crippen molar-refractivity contribution in [3.63, 3.8) is 0 Å². The van der Waals surface area contributed by atoms with Crippen LogP contribution in [0.5, 0.6) is 0 Å². The van der Waals surface area contributed by atoms with Gasteiger partial charge in [-0.25, -0.2) is 9.69 Å². The molecule has 0 saturated carbocycles. The highest BCUT2D eigenvalue weighted by molar-refractivity contribution is 6.14. The Morgan fingerprint density at radius 2 is 0.879 bits per heavy atom. The predicted octanol–water partition coefficient (Wildman–Crippen LogP) is 17.3. The number of rotatable bonds is 6. The number of fused-ring (bicyclic) bond motifs is 6. The van der Waals surface area contributed by atoms with E-state index >= 15 is 0 Å². The molecular formula is C59H37F3N4. The summed E-state index contributed by atoms with van der Waals surface area (Å²) >= 11 is 0. The van der Waals surface area contributed by atoms with Gasteiger partial charge in [0.2, 0.25) is 0 Å². The zero-order chi connectivity index (χ0) is 45.3. The third-order valence-corrected chi connectivity index (χ3v) is 12.7. The first kappa shape index (κ1) is 40.1. The van der Waals surface area contributed by atoms with Crippen molar-refractivity contribution in [3.8, 4) is 55.9 Å². The van der Waals surface area contributed by atoms with Crippen LogP contribution in [-0.4, -0.2) is 9.13 Å². The molecule has 0 atom stereocenters. The Morgan fingerprint density at radius 3 is 1.41 bits per heavy atom. The zero-order valence-corrected chi connectivity index (χ0v) is 35.8. The standard InChI is InChI=1S/C59H37F3N4/c1-36-13-9-15-38(31-36)40-25-29-53-47(33-40)44-17-5-7-21-51(44)65(53)55-23-11-19-46(43-28-27-42(59(60,61)62)35-50(43)64-4)57(55)58-49(63-3)20-12-24-56(58)66-52-22-8-6-18-45(52)48-34-41(26-30-54(48)66)39-16-10-14-37(2)32-39/h5-35H,1-2H3. The van der Waals surface area contributed by atoms with E-state index in [0.717, 1.165) is 89.1 Å². The van der Waals surface area contributed by atoms with Gasteiger partial charge in [0.25, 0.3) is 0 Å². The van der Waals surface area contributed by atoms with Gasteiger partial charge in [0.1, 0.15) is 0 Å². The fraction of sp³-hybridized carbons (Fsp3) is 0.0508. The Bertz CT molecular complexity index is 3870. The normalized spacial score (nSPS) is 11.7. The Morgan fingerprint density at radius 1 is 0.394 bits per heavy atom. The van der Waals surface area contributed by atoms with Gasteiger partial charge >= 0.3 is 6.18 Å². The summed E-state index contributed by atoms with van der Waals surface area (Å²) in [6, 6.07) is 60.9. The van der Waals surface area contributed by atoms with Gasteiger partial charge in [0.15, 0.2) is 11.4 Å². The first-order valence-electron chi connectivity index (χ1n) is 21.6. The largest absolute Gasteiger partial charge is 0.415 e. The number of alkyl halides is 3. The van der Waals surface area contributed by atoms with E-state index in [1.54, 1.807) is 6.07 Å². The molecule has 0 spiro atoms. The first-order valence-corrected chi connectivity index (χ1v) is 21.6. The summed E-state index contributed by atoms with van der Waals surface area (Å²) in [6.45, 7) is 21.1. The maximum absolute atomic E-state index is 14.2. The third-order valence-electron chi connectivity index (χ3n) is 12.7. The maximum atomic E-state index is 14.2. The van der Waals surface area contributed by atoms with Crippen LogP contribution < -0.4 is 0 Å². The number of hydrogen-bond donors (Lipinski definition) is 0. The van der Waals surface area contributed by atoms with Gasteiger partial charge in [-0.05, 0) is 102 Å². The minimum absolute atomic E-state index is 0.143. The second kappa shape index (κ2) is 15.6. The minimum atomic E-state index is -4.65. The van der Waals surface area contributed by atoms with Crippen molar-refractivity contribution >= 4 is 55.0 Å². The molecule has 0 fully saturated rings. The first-order chi connectivity index (χ1) is 32.1. The van der Waals surface area contributed by atoms with Gasteiger partial charge in [-0.15, -0.1) is 0 Å². The van der Waals surface area contributed by atoms with E-state index in [1.807, 2.05) is 54.6 Å². The molecule has 11 rings (SSSR count). The van der Waals surface area contributed by atoms with Crippen LogP contribution in [0, 0.1) is 27.0 Å². The molecular weight excluding hydrogens is 822 g/mol. The summed E-state index contributed by atoms with van der Waals surface area (Å²) in [5, 5.41) is 4.09. The van der Waals surface area contributed by atoms with Crippen molar-refractivity contribution in [1.29, 1.82) is 0 Å². The molecule has 0 aliphatic heterocycles. The molecule has 0 radical (unpaired) electrons. The molecule has 4 nitrogen and oxygen atoms in total. The Balaban J connectivity index is 1.26. The highest BCUT2D eigenvalue weighted by atomic mass is 19.4. The lowest BCUT2D eigenvalue weighted by Crippen LogP contribution is -2.05. The summed E-state index contributed by atoms with van der Waals surface area (Å²) in [4.78, 5) is 7.89. The SMILES string of the molecule is [C-]#[N+]c1cc(C(F)(F)F)ccc1-c1cccc(-n2c3ccccc3c3cc(-c4cccc(C)c4)ccc32)c1-c1c([N+]#[C-])cccc1-n1c2ccccc2c2cc(-c3cccc(C)c3)ccc21. The van der Waals surface area contributed by atoms with Gasteiger partial charge in [-0.3, -0.25) is 0 Å². The highest BCUT2D eigenvalue weighted by Crippen LogP contribution is 2.50. The Kier molecular flexibility index (Phi) is 9.46. The van der Waals surface area contributed by atoms with Crippen molar-refractivity contribution in [2.45, 2.75) is 20.0 Å². The van der Waals surface area contributed by atoms with E-state index in [4.69, 9.17) is 13.1 Å². The smallest absolute Gasteiger partial charge is 0.310 e. The second-order valence-corrected chi connectivity index (χ2v) is 16.7. The number of nitrogens with zero attached hydrogens (tertiary/aromatic N) is 4. The molecule has 7 heteroatoms. The molecule has 9 aromatic carbocycles. The lowest BCUT2D eigenvalue weighted by molar-refractivity contribution is -0.137. The quantitative estimate of drug-likeness (QED) is 0.148. The monoisotopic (exact) mass is 858 g/mol. The van der Waals surface area contributed by atoms with Crippen LogP contribution in [0.3, 0.4) is 0 Å². The highest BCUT2D eigenvalue weighted by Gasteiger charge is 2.32. The van der Waals surface area contributed by atoms with E-state index in [0.29, 0.717) is 39.3 Å². The molecule has 314 valence electrons. The topological polar surface area (TPSA) is 18.6 Å². The molecule has 0 bridgehead atoms. The summed E-state index contributed by atoms with van der Waals surface area (Å²) in [5.74, 6) is 0. The van der Waals surface area contributed by atoms with Crippen LogP contribution >= 0.6 is 0 Å². The number of aryl methyl sites for hydroxylation is 2. The lowest BCUT2D eigenvalue weighted by atomic mass is 9.89. The van der Waals surface area contributed by atoms with E-state index in [9.17, 15) is 13.2 Å². The van der Waals surface area contributed by atoms with Crippen LogP contribution in [0.2, 0.25) is 0 Å². The molecule has 0 aliphatic rings. The second-order valence-electron chi connectivity index (χ2n) is 16.7. The van der Waals surface area contributed by atoms with E-state index in [-0.39, 0.29) is 5.69 Å². The number of aromatic nitrogens is 2. The average Bonchev–Trinajstić information content (AvgIpc) is 3.85. The minimum Gasteiger partial charge on any atom is -0.310 e. The maximum Gasteiger partial charge on any atom is 0.415 e. The number of benzene rings is 9. The lowest BCUT2D eigenvalue weighted by Gasteiger charge is -2.23. The van der Waals surface area contributed by atoms with Gasteiger partial charge in [-0.1, -0.05) is 145 Å². The van der Waals surface area contributed by atoms with E-state index < -0.39 is 11.7 Å². The van der Waals surface area contributed by atoms with Crippen LogP contribution in [0.4, 0.5) is 24.5 Å². The summed E-state index contributed by atoms with van der Waals surface area (Å²) in [7, 11) is 0. The molecule has 2 aromatic heterocycles. The predicted molar refractivity (Wildman–Crippen MR) is 264 cm³/mol. The van der Waals surface area contributed by atoms with Gasteiger partial charge in [0, 0.05) is 43.9 Å². The van der Waals surface area contributed by atoms with Crippen LogP contribution in [0.25, 0.3) is 109 Å². The van der Waals surface area contributed by atoms with Crippen molar-refractivity contribution in [2.75, 3.05) is 0 Å². The van der Waals surface area contributed by atoms with Crippen LogP contribution in [-0.2, 0) is 6.18 Å². The number of halogens is 3. The fourth-order valence-electron chi connectivity index (χ4n) is 9.78. The average molecular weight is 859 g/mol. The molecule has 0 N–H and O–H groups in total. The zero-order valence-electron chi connectivity index (χ0n) is 35.8. The van der Waals surface area contributed by atoms with Crippen LogP contribution in [0.15, 0.2) is 188 Å². The molecule has 2 heterocycles. The molecule has 0 saturated heterocycles. The van der Waals surface area contributed by atoms with Crippen molar-refractivity contribution < 1.29 is 13.2 Å².